The first-order valence-electron chi connectivity index (χ1n) is 7.37. The van der Waals surface area contributed by atoms with Gasteiger partial charge in [-0.15, -0.1) is 11.3 Å². The summed E-state index contributed by atoms with van der Waals surface area (Å²) in [6, 6.07) is 10.1. The quantitative estimate of drug-likeness (QED) is 0.522. The number of halogens is 3. The largest absolute Gasteiger partial charge is 0.486 e. The van der Waals surface area contributed by atoms with Crippen LogP contribution in [0.25, 0.3) is 20.8 Å². The summed E-state index contributed by atoms with van der Waals surface area (Å²) in [5.41, 5.74) is 1.95. The minimum atomic E-state index is -0.501. The average molecular weight is 366 g/mol. The fraction of sp³-hybridized carbons (Fsp3) is 0.167. The molecule has 0 spiro atoms. The number of thiazole rings is 1. The number of fused-ring (bicyclic) bond motifs is 1. The summed E-state index contributed by atoms with van der Waals surface area (Å²) >= 11 is 7.42. The summed E-state index contributed by atoms with van der Waals surface area (Å²) in [5.74, 6) is -0.408. The number of ether oxygens (including phenoxy) is 1. The van der Waals surface area contributed by atoms with Crippen molar-refractivity contribution in [2.24, 2.45) is 0 Å². The maximum Gasteiger partial charge on any atom is 0.165 e. The molecule has 3 rings (SSSR count). The molecule has 3 aromatic rings. The Morgan fingerprint density at radius 2 is 2.12 bits per heavy atom. The molecule has 0 unspecified atom stereocenters. The van der Waals surface area contributed by atoms with Gasteiger partial charge in [0.25, 0.3) is 0 Å². The molecule has 0 bridgehead atoms. The number of benzene rings is 2. The van der Waals surface area contributed by atoms with Gasteiger partial charge in [-0.2, -0.15) is 0 Å². The lowest BCUT2D eigenvalue weighted by atomic mass is 10.2. The van der Waals surface area contributed by atoms with Crippen molar-refractivity contribution in [2.75, 3.05) is 6.61 Å². The van der Waals surface area contributed by atoms with Crippen LogP contribution in [0.4, 0.5) is 8.78 Å². The zero-order chi connectivity index (χ0) is 17.1. The lowest BCUT2D eigenvalue weighted by molar-refractivity contribution is 0.327. The van der Waals surface area contributed by atoms with Crippen LogP contribution < -0.4 is 4.74 Å². The summed E-state index contributed by atoms with van der Waals surface area (Å²) in [6.45, 7) is 1.84. The first-order chi connectivity index (χ1) is 11.6. The van der Waals surface area contributed by atoms with E-state index < -0.39 is 5.82 Å². The van der Waals surface area contributed by atoms with Gasteiger partial charge < -0.3 is 4.74 Å². The highest BCUT2D eigenvalue weighted by molar-refractivity contribution is 7.21. The van der Waals surface area contributed by atoms with Crippen LogP contribution in [0.2, 0.25) is 5.02 Å². The van der Waals surface area contributed by atoms with E-state index in [2.05, 4.69) is 4.98 Å². The van der Waals surface area contributed by atoms with Crippen molar-refractivity contribution in [3.63, 3.8) is 0 Å². The Kier molecular flexibility index (Phi) is 5.11. The molecule has 2 aromatic carbocycles. The van der Waals surface area contributed by atoms with Gasteiger partial charge in [-0.1, -0.05) is 18.5 Å². The standard InChI is InChI=1S/C18H14ClF2NOS/c1-2-11(9-20)10-23-16-6-3-12(7-14(16)21)18-22-15-5-4-13(19)8-17(15)24-18/h3-9H,2,10H2,1H3. The predicted molar refractivity (Wildman–Crippen MR) is 95.0 cm³/mol. The number of nitrogens with zero attached hydrogens (tertiary/aromatic N) is 1. The van der Waals surface area contributed by atoms with Gasteiger partial charge in [0.2, 0.25) is 0 Å². The highest BCUT2D eigenvalue weighted by Gasteiger charge is 2.11. The molecule has 0 aliphatic heterocycles. The molecule has 0 saturated carbocycles. The second-order valence-corrected chi connectivity index (χ2v) is 6.65. The van der Waals surface area contributed by atoms with Gasteiger partial charge in [0, 0.05) is 10.6 Å². The molecule has 0 aliphatic carbocycles. The van der Waals surface area contributed by atoms with E-state index in [0.29, 0.717) is 33.9 Å². The molecular weight excluding hydrogens is 352 g/mol. The van der Waals surface area contributed by atoms with Gasteiger partial charge in [-0.25, -0.2) is 13.8 Å². The van der Waals surface area contributed by atoms with E-state index >= 15 is 0 Å². The third-order valence-corrected chi connectivity index (χ3v) is 4.85. The Morgan fingerprint density at radius 1 is 1.29 bits per heavy atom. The first-order valence-corrected chi connectivity index (χ1v) is 8.57. The summed E-state index contributed by atoms with van der Waals surface area (Å²) in [4.78, 5) is 4.49. The van der Waals surface area contributed by atoms with Crippen molar-refractivity contribution in [1.82, 2.24) is 4.98 Å². The third kappa shape index (κ3) is 3.57. The maximum absolute atomic E-state index is 14.2. The van der Waals surface area contributed by atoms with Crippen LogP contribution in [0.1, 0.15) is 13.3 Å². The average Bonchev–Trinajstić information content (AvgIpc) is 3.00. The van der Waals surface area contributed by atoms with Gasteiger partial charge in [0.1, 0.15) is 11.6 Å². The molecule has 0 saturated heterocycles. The second-order valence-electron chi connectivity index (χ2n) is 5.19. The molecule has 0 aliphatic rings. The van der Waals surface area contributed by atoms with E-state index in [4.69, 9.17) is 16.3 Å². The topological polar surface area (TPSA) is 22.1 Å². The highest BCUT2D eigenvalue weighted by Crippen LogP contribution is 2.33. The Morgan fingerprint density at radius 3 is 2.83 bits per heavy atom. The molecule has 2 nitrogen and oxygen atoms in total. The molecule has 0 radical (unpaired) electrons. The Hall–Kier alpha value is -1.98. The molecule has 0 atom stereocenters. The van der Waals surface area contributed by atoms with E-state index in [1.807, 2.05) is 19.1 Å². The maximum atomic E-state index is 14.2. The second kappa shape index (κ2) is 7.28. The molecule has 1 aromatic heterocycles. The van der Waals surface area contributed by atoms with E-state index in [9.17, 15) is 8.78 Å². The predicted octanol–water partition coefficient (Wildman–Crippen LogP) is 6.40. The van der Waals surface area contributed by atoms with Crippen LogP contribution in [0.3, 0.4) is 0 Å². The monoisotopic (exact) mass is 365 g/mol. The van der Waals surface area contributed by atoms with E-state index in [1.165, 1.54) is 23.5 Å². The van der Waals surface area contributed by atoms with Crippen LogP contribution in [0.5, 0.6) is 5.75 Å². The van der Waals surface area contributed by atoms with Crippen LogP contribution in [-0.4, -0.2) is 11.6 Å². The van der Waals surface area contributed by atoms with E-state index in [0.717, 1.165) is 10.2 Å². The smallest absolute Gasteiger partial charge is 0.165 e. The normalized spacial score (nSPS) is 11.9. The van der Waals surface area contributed by atoms with Crippen LogP contribution in [-0.2, 0) is 0 Å². The van der Waals surface area contributed by atoms with Gasteiger partial charge in [-0.05, 0) is 48.4 Å². The van der Waals surface area contributed by atoms with Gasteiger partial charge >= 0.3 is 0 Å². The lowest BCUT2D eigenvalue weighted by Crippen LogP contribution is -2.01. The number of aromatic nitrogens is 1. The summed E-state index contributed by atoms with van der Waals surface area (Å²) in [7, 11) is 0. The molecule has 0 N–H and O–H groups in total. The molecular formula is C18H14ClF2NOS. The summed E-state index contributed by atoms with van der Waals surface area (Å²) in [5, 5.41) is 1.34. The van der Waals surface area contributed by atoms with E-state index in [-0.39, 0.29) is 12.4 Å². The van der Waals surface area contributed by atoms with E-state index in [1.54, 1.807) is 12.1 Å². The highest BCUT2D eigenvalue weighted by atomic mass is 35.5. The first kappa shape index (κ1) is 16.9. The molecule has 1 heterocycles. The molecule has 0 amide bonds. The zero-order valence-electron chi connectivity index (χ0n) is 12.9. The van der Waals surface area contributed by atoms with Crippen LogP contribution in [0.15, 0.2) is 48.3 Å². The third-order valence-electron chi connectivity index (χ3n) is 3.55. The van der Waals surface area contributed by atoms with Gasteiger partial charge in [0.15, 0.2) is 11.6 Å². The van der Waals surface area contributed by atoms with Crippen molar-refractivity contribution >= 4 is 33.2 Å². The van der Waals surface area contributed by atoms with Crippen molar-refractivity contribution in [3.05, 3.63) is 59.1 Å². The minimum Gasteiger partial charge on any atom is -0.486 e. The minimum absolute atomic E-state index is 0.0307. The molecule has 24 heavy (non-hydrogen) atoms. The number of hydrogen-bond donors (Lipinski definition) is 0. The van der Waals surface area contributed by atoms with Gasteiger partial charge in [-0.3, -0.25) is 0 Å². The summed E-state index contributed by atoms with van der Waals surface area (Å²) in [6.07, 6.45) is 1.02. The molecule has 6 heteroatoms. The lowest BCUT2D eigenvalue weighted by Gasteiger charge is -2.08. The Bertz CT molecular complexity index is 907. The van der Waals surface area contributed by atoms with Crippen LogP contribution in [0, 0.1) is 5.82 Å². The van der Waals surface area contributed by atoms with Crippen molar-refractivity contribution in [2.45, 2.75) is 13.3 Å². The van der Waals surface area contributed by atoms with Crippen molar-refractivity contribution in [3.8, 4) is 16.3 Å². The molecule has 124 valence electrons. The van der Waals surface area contributed by atoms with Gasteiger partial charge in [0.05, 0.1) is 16.5 Å². The fourth-order valence-electron chi connectivity index (χ4n) is 2.15. The SMILES string of the molecule is CCC(=CF)COc1ccc(-c2nc3ccc(Cl)cc3s2)cc1F. The number of rotatable bonds is 5. The Labute approximate surface area is 147 Å². The number of hydrogen-bond acceptors (Lipinski definition) is 3. The fourth-order valence-corrected chi connectivity index (χ4v) is 3.39. The Balaban J connectivity index is 1.85. The zero-order valence-corrected chi connectivity index (χ0v) is 14.4. The van der Waals surface area contributed by atoms with Crippen molar-refractivity contribution < 1.29 is 13.5 Å². The molecule has 0 fully saturated rings. The summed E-state index contributed by atoms with van der Waals surface area (Å²) < 4.78 is 33.0. The van der Waals surface area contributed by atoms with Crippen molar-refractivity contribution in [1.29, 1.82) is 0 Å². The van der Waals surface area contributed by atoms with Crippen LogP contribution >= 0.6 is 22.9 Å².